The third-order valence-corrected chi connectivity index (χ3v) is 6.65. The monoisotopic (exact) mass is 493 g/mol. The summed E-state index contributed by atoms with van der Waals surface area (Å²) < 4.78 is 6.98. The fourth-order valence-electron chi connectivity index (χ4n) is 3.25. The third kappa shape index (κ3) is 5.53. The third-order valence-electron chi connectivity index (χ3n) is 4.79. The van der Waals surface area contributed by atoms with Crippen molar-refractivity contribution in [1.82, 2.24) is 24.7 Å². The Morgan fingerprint density at radius 3 is 2.64 bits per heavy atom. The second kappa shape index (κ2) is 10.8. The van der Waals surface area contributed by atoms with Crippen LogP contribution in [0.1, 0.15) is 43.8 Å². The van der Waals surface area contributed by atoms with E-state index in [4.69, 9.17) is 10.2 Å². The number of H-pyrrole nitrogens is 1. The predicted octanol–water partition coefficient (Wildman–Crippen LogP) is 2.58. The quantitative estimate of drug-likeness (QED) is 0.406. The zero-order valence-electron chi connectivity index (χ0n) is 19.0. The number of nitrogens with zero attached hydrogens (tertiary/aromatic N) is 5. The van der Waals surface area contributed by atoms with Crippen molar-refractivity contribution in [2.45, 2.75) is 58.7 Å². The van der Waals surface area contributed by atoms with Gasteiger partial charge in [0.05, 0.1) is 16.5 Å². The van der Waals surface area contributed by atoms with Crippen LogP contribution < -0.4 is 21.9 Å². The summed E-state index contributed by atoms with van der Waals surface area (Å²) in [6.07, 6.45) is 2.12. The van der Waals surface area contributed by atoms with E-state index >= 15 is 0 Å². The smallest absolute Gasteiger partial charge is 0.330 e. The second-order valence-corrected chi connectivity index (χ2v) is 9.48. The molecule has 3 rings (SSSR count). The lowest BCUT2D eigenvalue weighted by Crippen LogP contribution is -2.42. The molecule has 3 N–H and O–H groups in total. The zero-order chi connectivity index (χ0) is 24.1. The Bertz CT molecular complexity index is 1240. The minimum atomic E-state index is -0.685. The molecule has 0 saturated carbocycles. The van der Waals surface area contributed by atoms with Gasteiger partial charge in [0.15, 0.2) is 5.69 Å². The van der Waals surface area contributed by atoms with Gasteiger partial charge < -0.3 is 15.1 Å². The highest BCUT2D eigenvalue weighted by Gasteiger charge is 2.25. The van der Waals surface area contributed by atoms with Crippen molar-refractivity contribution in [3.8, 4) is 10.8 Å². The number of carbonyl (C=O) groups excluding carboxylic acids is 1. The molecule has 0 atom stereocenters. The molecule has 0 radical (unpaired) electrons. The fraction of sp³-hybridized carbons (Fsp3) is 0.500. The van der Waals surface area contributed by atoms with E-state index in [0.29, 0.717) is 31.8 Å². The van der Waals surface area contributed by atoms with Crippen molar-refractivity contribution >= 4 is 40.5 Å². The summed E-state index contributed by atoms with van der Waals surface area (Å²) in [7, 11) is 0. The lowest BCUT2D eigenvalue weighted by Gasteiger charge is -2.24. The maximum absolute atomic E-state index is 13.1. The molecule has 33 heavy (non-hydrogen) atoms. The average Bonchev–Trinajstić information content (AvgIpc) is 3.37. The summed E-state index contributed by atoms with van der Waals surface area (Å²) in [4.78, 5) is 46.6. The van der Waals surface area contributed by atoms with E-state index in [-0.39, 0.29) is 28.4 Å². The number of hydrogen-bond donors (Lipinski definition) is 2. The van der Waals surface area contributed by atoms with E-state index < -0.39 is 11.2 Å². The first-order chi connectivity index (χ1) is 15.8. The van der Waals surface area contributed by atoms with Gasteiger partial charge in [-0.1, -0.05) is 32.0 Å². The number of nitrogen functional groups attached to an aromatic ring is 1. The Labute approximate surface area is 198 Å². The lowest BCUT2D eigenvalue weighted by atomic mass is 10.2. The normalized spacial score (nSPS) is 11.2. The van der Waals surface area contributed by atoms with Crippen LogP contribution in [0.4, 0.5) is 11.5 Å². The van der Waals surface area contributed by atoms with E-state index in [9.17, 15) is 14.4 Å². The summed E-state index contributed by atoms with van der Waals surface area (Å²) in [6.45, 7) is 8.26. The topological polar surface area (TPSA) is 153 Å². The van der Waals surface area contributed by atoms with Crippen LogP contribution >= 0.6 is 23.1 Å². The molecule has 0 fully saturated rings. The molecule has 0 aliphatic heterocycles. The summed E-state index contributed by atoms with van der Waals surface area (Å²) in [5.41, 5.74) is 5.69. The molecular weight excluding hydrogens is 466 g/mol. The van der Waals surface area contributed by atoms with Gasteiger partial charge in [-0.2, -0.15) is 0 Å². The highest BCUT2D eigenvalue weighted by Crippen LogP contribution is 2.30. The largest absolute Gasteiger partial charge is 0.410 e. The Balaban J connectivity index is 1.83. The van der Waals surface area contributed by atoms with Crippen LogP contribution in [0.3, 0.4) is 0 Å². The predicted molar refractivity (Wildman–Crippen MR) is 129 cm³/mol. The van der Waals surface area contributed by atoms with Crippen LogP contribution in [0.2, 0.25) is 0 Å². The van der Waals surface area contributed by atoms with Crippen LogP contribution in [0.15, 0.2) is 19.2 Å². The first-order valence-electron chi connectivity index (χ1n) is 10.6. The first-order valence-corrected chi connectivity index (χ1v) is 12.4. The Kier molecular flexibility index (Phi) is 8.08. The molecule has 0 spiro atoms. The van der Waals surface area contributed by atoms with E-state index in [1.165, 1.54) is 20.8 Å². The molecule has 178 valence electrons. The number of amides is 1. The summed E-state index contributed by atoms with van der Waals surface area (Å²) >= 11 is 2.53. The van der Waals surface area contributed by atoms with Gasteiger partial charge in [0.25, 0.3) is 16.7 Å². The van der Waals surface area contributed by atoms with Crippen molar-refractivity contribution < 1.29 is 9.21 Å². The van der Waals surface area contributed by atoms with Gasteiger partial charge in [0, 0.05) is 13.1 Å². The van der Waals surface area contributed by atoms with Crippen molar-refractivity contribution in [2.24, 2.45) is 0 Å². The van der Waals surface area contributed by atoms with Gasteiger partial charge in [-0.15, -0.1) is 21.5 Å². The number of aromatic nitrogens is 5. The Morgan fingerprint density at radius 1 is 1.24 bits per heavy atom. The van der Waals surface area contributed by atoms with Crippen LogP contribution in [0, 0.1) is 13.8 Å². The highest BCUT2D eigenvalue weighted by atomic mass is 32.2. The van der Waals surface area contributed by atoms with Crippen LogP contribution in [-0.2, 0) is 11.3 Å². The number of rotatable bonds is 10. The number of thioether (sulfide) groups is 1. The van der Waals surface area contributed by atoms with Gasteiger partial charge in [0.2, 0.25) is 5.91 Å². The molecule has 13 heteroatoms. The number of thiazole rings is 1. The molecule has 0 aromatic carbocycles. The van der Waals surface area contributed by atoms with E-state index in [1.54, 1.807) is 0 Å². The molecule has 3 heterocycles. The minimum Gasteiger partial charge on any atom is -0.410 e. The number of aromatic amines is 1. The second-order valence-electron chi connectivity index (χ2n) is 7.35. The number of carbonyl (C=O) groups is 1. The Hall–Kier alpha value is -2.93. The zero-order valence-corrected chi connectivity index (χ0v) is 20.6. The summed E-state index contributed by atoms with van der Waals surface area (Å²) in [5.74, 6) is -0.0611. The molecule has 3 aromatic heterocycles. The molecule has 0 aliphatic rings. The molecule has 11 nitrogen and oxygen atoms in total. The number of aryl methyl sites for hydroxylation is 2. The Morgan fingerprint density at radius 2 is 2.00 bits per heavy atom. The van der Waals surface area contributed by atoms with Crippen molar-refractivity contribution in [1.29, 1.82) is 0 Å². The van der Waals surface area contributed by atoms with Crippen molar-refractivity contribution in [2.75, 3.05) is 22.9 Å². The van der Waals surface area contributed by atoms with Gasteiger partial charge in [0.1, 0.15) is 10.7 Å². The van der Waals surface area contributed by atoms with E-state index in [0.717, 1.165) is 33.8 Å². The minimum absolute atomic E-state index is 0.0101. The molecule has 0 saturated heterocycles. The number of nitrogens with two attached hydrogens (primary N) is 1. The van der Waals surface area contributed by atoms with Gasteiger partial charge >= 0.3 is 5.69 Å². The van der Waals surface area contributed by atoms with Gasteiger partial charge in [-0.3, -0.25) is 19.1 Å². The number of nitrogens with one attached hydrogen (secondary N) is 1. The van der Waals surface area contributed by atoms with Crippen molar-refractivity contribution in [3.63, 3.8) is 0 Å². The molecule has 0 unspecified atom stereocenters. The number of unbranched alkanes of at least 4 members (excludes halogenated alkanes) is 1. The molecule has 3 aromatic rings. The average molecular weight is 494 g/mol. The van der Waals surface area contributed by atoms with Crippen LogP contribution in [0.5, 0.6) is 0 Å². The van der Waals surface area contributed by atoms with Crippen LogP contribution in [-0.4, -0.2) is 42.9 Å². The summed E-state index contributed by atoms with van der Waals surface area (Å²) in [6, 6.07) is 0. The highest BCUT2D eigenvalue weighted by molar-refractivity contribution is 7.99. The van der Waals surface area contributed by atoms with E-state index in [1.807, 2.05) is 27.7 Å². The molecule has 0 aliphatic carbocycles. The molecule has 0 bridgehead atoms. The maximum atomic E-state index is 13.1. The summed E-state index contributed by atoms with van der Waals surface area (Å²) in [5, 5.41) is 9.19. The fourth-order valence-corrected chi connectivity index (χ4v) is 4.73. The van der Waals surface area contributed by atoms with E-state index in [2.05, 4.69) is 20.2 Å². The molecule has 1 amide bonds. The SMILES string of the molecule is CCCCN(C(=O)CSc1nnc(-c2sc(C)nc2C)o1)c1c(N)n(CCC)c(=O)[nH]c1=O. The van der Waals surface area contributed by atoms with Crippen molar-refractivity contribution in [3.05, 3.63) is 31.5 Å². The van der Waals surface area contributed by atoms with Crippen LogP contribution in [0.25, 0.3) is 10.8 Å². The van der Waals surface area contributed by atoms with Gasteiger partial charge in [-0.25, -0.2) is 9.78 Å². The molecular formula is C20H27N7O4S2. The van der Waals surface area contributed by atoms with Gasteiger partial charge in [-0.05, 0) is 26.7 Å². The lowest BCUT2D eigenvalue weighted by molar-refractivity contribution is -0.116. The standard InChI is InChI=1S/C20H27N7O4S2/c1-5-7-9-26(14-16(21)27(8-6-2)19(30)23-17(14)29)13(28)10-32-20-25-24-18(31-20)15-11(3)22-12(4)33-15/h5-10,21H2,1-4H3,(H,23,29,30). The number of hydrogen-bond acceptors (Lipinski definition) is 10. The first kappa shape index (κ1) is 24.7. The maximum Gasteiger partial charge on any atom is 0.330 e. The number of anilines is 2.